The standard InChI is InChI=1S/C27H30N4O2S2/c1-2-17-28-27(34)29-24-13-15-25(16-14-24)35(32,33)31-20-18-30(19-21-31)26(22-9-5-3-6-10-22)23-11-7-4-8-12-23/h2-16,26H,1,17-21H2,(H2,28,29,34). The van der Waals surface area contributed by atoms with Gasteiger partial charge in [-0.15, -0.1) is 6.58 Å². The Labute approximate surface area is 213 Å². The molecule has 4 rings (SSSR count). The van der Waals surface area contributed by atoms with Crippen LogP contribution in [0.1, 0.15) is 17.2 Å². The highest BCUT2D eigenvalue weighted by molar-refractivity contribution is 7.89. The lowest BCUT2D eigenvalue weighted by atomic mass is 9.96. The molecule has 0 amide bonds. The minimum Gasteiger partial charge on any atom is -0.359 e. The summed E-state index contributed by atoms with van der Waals surface area (Å²) in [7, 11) is -3.58. The van der Waals surface area contributed by atoms with E-state index in [2.05, 4.69) is 46.4 Å². The first-order valence-electron chi connectivity index (χ1n) is 11.6. The molecule has 0 spiro atoms. The average molecular weight is 507 g/mol. The number of benzene rings is 3. The van der Waals surface area contributed by atoms with Gasteiger partial charge >= 0.3 is 0 Å². The molecule has 8 heteroatoms. The van der Waals surface area contributed by atoms with Crippen LogP contribution in [0.4, 0.5) is 5.69 Å². The summed E-state index contributed by atoms with van der Waals surface area (Å²) in [5, 5.41) is 6.49. The maximum Gasteiger partial charge on any atom is 0.243 e. The quantitative estimate of drug-likeness (QED) is 0.352. The Bertz CT molecular complexity index is 1190. The molecule has 3 aromatic rings. The Morgan fingerprint density at radius 3 is 1.94 bits per heavy atom. The second kappa shape index (κ2) is 11.6. The van der Waals surface area contributed by atoms with Gasteiger partial charge in [0.05, 0.1) is 10.9 Å². The minimum absolute atomic E-state index is 0.0890. The molecule has 1 aliphatic rings. The summed E-state index contributed by atoms with van der Waals surface area (Å²) in [6, 6.07) is 27.5. The van der Waals surface area contributed by atoms with E-state index in [1.54, 1.807) is 34.6 Å². The van der Waals surface area contributed by atoms with Gasteiger partial charge in [-0.25, -0.2) is 8.42 Å². The minimum atomic E-state index is -3.58. The van der Waals surface area contributed by atoms with Gasteiger partial charge in [0.15, 0.2) is 5.11 Å². The zero-order valence-corrected chi connectivity index (χ0v) is 21.1. The predicted molar refractivity (Wildman–Crippen MR) is 146 cm³/mol. The Hall–Kier alpha value is -3.04. The van der Waals surface area contributed by atoms with E-state index in [0.29, 0.717) is 37.8 Å². The van der Waals surface area contributed by atoms with Crippen LogP contribution in [0.5, 0.6) is 0 Å². The number of hydrogen-bond acceptors (Lipinski definition) is 4. The van der Waals surface area contributed by atoms with Gasteiger partial charge in [-0.3, -0.25) is 4.90 Å². The summed E-state index contributed by atoms with van der Waals surface area (Å²) in [5.41, 5.74) is 3.14. The monoisotopic (exact) mass is 506 g/mol. The Morgan fingerprint density at radius 1 is 0.886 bits per heavy atom. The lowest BCUT2D eigenvalue weighted by molar-refractivity contribution is 0.156. The number of thiocarbonyl (C=S) groups is 1. The first-order valence-corrected chi connectivity index (χ1v) is 13.4. The molecule has 2 N–H and O–H groups in total. The first kappa shape index (κ1) is 25.1. The van der Waals surface area contributed by atoms with E-state index in [1.165, 1.54) is 11.1 Å². The molecule has 0 radical (unpaired) electrons. The maximum atomic E-state index is 13.3. The zero-order chi connectivity index (χ0) is 24.7. The zero-order valence-electron chi connectivity index (χ0n) is 19.5. The fourth-order valence-electron chi connectivity index (χ4n) is 4.29. The van der Waals surface area contributed by atoms with Gasteiger partial charge in [-0.05, 0) is 47.6 Å². The third-order valence-electron chi connectivity index (χ3n) is 6.03. The van der Waals surface area contributed by atoms with E-state index in [9.17, 15) is 8.42 Å². The smallest absolute Gasteiger partial charge is 0.243 e. The van der Waals surface area contributed by atoms with Crippen molar-refractivity contribution < 1.29 is 8.42 Å². The molecule has 182 valence electrons. The summed E-state index contributed by atoms with van der Waals surface area (Å²) in [5.74, 6) is 0. The number of nitrogens with one attached hydrogen (secondary N) is 2. The van der Waals surface area contributed by atoms with Crippen LogP contribution in [0.15, 0.2) is 102 Å². The molecule has 1 heterocycles. The van der Waals surface area contributed by atoms with Crippen LogP contribution in [0.2, 0.25) is 0 Å². The highest BCUT2D eigenvalue weighted by atomic mass is 32.2. The van der Waals surface area contributed by atoms with E-state index in [-0.39, 0.29) is 10.9 Å². The molecular weight excluding hydrogens is 476 g/mol. The van der Waals surface area contributed by atoms with Crippen LogP contribution in [-0.4, -0.2) is 55.5 Å². The highest BCUT2D eigenvalue weighted by Gasteiger charge is 2.32. The number of piperazine rings is 1. The van der Waals surface area contributed by atoms with Crippen LogP contribution < -0.4 is 10.6 Å². The molecule has 0 aliphatic carbocycles. The lowest BCUT2D eigenvalue weighted by Crippen LogP contribution is -2.49. The molecule has 0 saturated carbocycles. The van der Waals surface area contributed by atoms with E-state index in [0.717, 1.165) is 5.69 Å². The van der Waals surface area contributed by atoms with E-state index in [1.807, 2.05) is 36.4 Å². The van der Waals surface area contributed by atoms with Crippen molar-refractivity contribution in [2.75, 3.05) is 38.0 Å². The van der Waals surface area contributed by atoms with Crippen molar-refractivity contribution in [3.05, 3.63) is 109 Å². The molecule has 0 bridgehead atoms. The Balaban J connectivity index is 1.44. The van der Waals surface area contributed by atoms with E-state index in [4.69, 9.17) is 12.2 Å². The lowest BCUT2D eigenvalue weighted by Gasteiger charge is -2.39. The maximum absolute atomic E-state index is 13.3. The number of rotatable bonds is 8. The SMILES string of the molecule is C=CCNC(=S)Nc1ccc(S(=O)(=O)N2CCN(C(c3ccccc3)c3ccccc3)CC2)cc1. The molecule has 35 heavy (non-hydrogen) atoms. The van der Waals surface area contributed by atoms with Crippen molar-refractivity contribution in [1.29, 1.82) is 0 Å². The van der Waals surface area contributed by atoms with Gasteiger partial charge in [0.1, 0.15) is 0 Å². The Kier molecular flexibility index (Phi) is 8.30. The molecule has 1 aliphatic heterocycles. The fourth-order valence-corrected chi connectivity index (χ4v) is 5.91. The van der Waals surface area contributed by atoms with Gasteiger partial charge < -0.3 is 10.6 Å². The van der Waals surface area contributed by atoms with Crippen LogP contribution in [-0.2, 0) is 10.0 Å². The second-order valence-corrected chi connectivity index (χ2v) is 10.7. The molecule has 3 aromatic carbocycles. The molecule has 1 fully saturated rings. The van der Waals surface area contributed by atoms with Gasteiger partial charge in [0, 0.05) is 38.4 Å². The van der Waals surface area contributed by atoms with Gasteiger partial charge in [0.25, 0.3) is 0 Å². The van der Waals surface area contributed by atoms with Crippen molar-refractivity contribution >= 4 is 33.0 Å². The summed E-state index contributed by atoms with van der Waals surface area (Å²) in [6.45, 7) is 6.37. The molecule has 0 aromatic heterocycles. The first-order chi connectivity index (χ1) is 17.0. The van der Waals surface area contributed by atoms with Crippen LogP contribution in [0, 0.1) is 0 Å². The van der Waals surface area contributed by atoms with Crippen LogP contribution >= 0.6 is 12.2 Å². The Morgan fingerprint density at radius 2 is 1.43 bits per heavy atom. The van der Waals surface area contributed by atoms with Gasteiger partial charge in [-0.2, -0.15) is 4.31 Å². The van der Waals surface area contributed by atoms with Crippen molar-refractivity contribution in [2.24, 2.45) is 0 Å². The summed E-state index contributed by atoms with van der Waals surface area (Å²) in [4.78, 5) is 2.64. The molecule has 0 unspecified atom stereocenters. The molecule has 0 atom stereocenters. The summed E-state index contributed by atoms with van der Waals surface area (Å²) < 4.78 is 28.2. The third kappa shape index (κ3) is 6.15. The van der Waals surface area contributed by atoms with E-state index < -0.39 is 10.0 Å². The van der Waals surface area contributed by atoms with Gasteiger partial charge in [-0.1, -0.05) is 66.7 Å². The number of anilines is 1. The number of sulfonamides is 1. The predicted octanol–water partition coefficient (Wildman–Crippen LogP) is 4.25. The van der Waals surface area contributed by atoms with Crippen molar-refractivity contribution in [1.82, 2.24) is 14.5 Å². The average Bonchev–Trinajstić information content (AvgIpc) is 2.89. The largest absolute Gasteiger partial charge is 0.359 e. The normalized spacial score (nSPS) is 15.0. The van der Waals surface area contributed by atoms with Crippen molar-refractivity contribution in [3.63, 3.8) is 0 Å². The van der Waals surface area contributed by atoms with Gasteiger partial charge in [0.2, 0.25) is 10.0 Å². The molecule has 1 saturated heterocycles. The number of nitrogens with zero attached hydrogens (tertiary/aromatic N) is 2. The van der Waals surface area contributed by atoms with Crippen molar-refractivity contribution in [3.8, 4) is 0 Å². The second-order valence-electron chi connectivity index (χ2n) is 8.31. The fraction of sp³-hybridized carbons (Fsp3) is 0.222. The summed E-state index contributed by atoms with van der Waals surface area (Å²) in [6.07, 6.45) is 1.71. The molecule has 6 nitrogen and oxygen atoms in total. The third-order valence-corrected chi connectivity index (χ3v) is 8.19. The van der Waals surface area contributed by atoms with E-state index >= 15 is 0 Å². The van der Waals surface area contributed by atoms with Crippen LogP contribution in [0.25, 0.3) is 0 Å². The highest BCUT2D eigenvalue weighted by Crippen LogP contribution is 2.30. The topological polar surface area (TPSA) is 64.7 Å². The van der Waals surface area contributed by atoms with Crippen LogP contribution in [0.3, 0.4) is 0 Å². The molecular formula is C27H30N4O2S2. The summed E-state index contributed by atoms with van der Waals surface area (Å²) >= 11 is 5.21. The van der Waals surface area contributed by atoms with Crippen molar-refractivity contribution in [2.45, 2.75) is 10.9 Å². The number of hydrogen-bond donors (Lipinski definition) is 2.